The van der Waals surface area contributed by atoms with Crippen LogP contribution >= 0.6 is 0 Å². The zero-order valence-corrected chi connectivity index (χ0v) is 9.08. The molecule has 1 rings (SSSR count). The molecule has 0 fully saturated rings. The topological polar surface area (TPSA) is 58.4 Å². The standard InChI is InChI=1S/C10H19N3O/c1-10(2,3)13-7-5-4-6-8(13)12-9(11)14/h5,7-8H,4,6H2,1-3H3,(H3,11,12,14). The second-order valence-electron chi connectivity index (χ2n) is 4.56. The average molecular weight is 197 g/mol. The normalized spacial score (nSPS) is 22.2. The van der Waals surface area contributed by atoms with E-state index >= 15 is 0 Å². The summed E-state index contributed by atoms with van der Waals surface area (Å²) in [5, 5.41) is 2.75. The number of nitrogens with one attached hydrogen (secondary N) is 1. The lowest BCUT2D eigenvalue weighted by atomic mass is 10.0. The minimum absolute atomic E-state index is 0.00400. The van der Waals surface area contributed by atoms with Crippen LogP contribution in [-0.4, -0.2) is 22.6 Å². The van der Waals surface area contributed by atoms with E-state index in [1.165, 1.54) is 0 Å². The molecular formula is C10H19N3O. The summed E-state index contributed by atoms with van der Waals surface area (Å²) in [7, 11) is 0. The molecule has 0 saturated carbocycles. The Bertz CT molecular complexity index is 242. The predicted octanol–water partition coefficient (Wildman–Crippen LogP) is 1.39. The summed E-state index contributed by atoms with van der Waals surface area (Å²) in [6.07, 6.45) is 6.07. The lowest BCUT2D eigenvalue weighted by Gasteiger charge is -2.42. The van der Waals surface area contributed by atoms with E-state index in [2.05, 4.69) is 37.1 Å². The molecule has 1 aliphatic heterocycles. The van der Waals surface area contributed by atoms with E-state index in [-0.39, 0.29) is 11.7 Å². The smallest absolute Gasteiger partial charge is 0.313 e. The molecule has 0 aromatic carbocycles. The fourth-order valence-electron chi connectivity index (χ4n) is 1.68. The van der Waals surface area contributed by atoms with Gasteiger partial charge in [-0.1, -0.05) is 6.08 Å². The maximum Gasteiger partial charge on any atom is 0.313 e. The molecule has 0 radical (unpaired) electrons. The van der Waals surface area contributed by atoms with Crippen molar-refractivity contribution in [3.05, 3.63) is 12.3 Å². The molecular weight excluding hydrogens is 178 g/mol. The summed E-state index contributed by atoms with van der Waals surface area (Å²) >= 11 is 0. The summed E-state index contributed by atoms with van der Waals surface area (Å²) in [6.45, 7) is 6.33. The number of primary amides is 1. The van der Waals surface area contributed by atoms with Gasteiger partial charge in [-0.25, -0.2) is 4.79 Å². The molecule has 3 N–H and O–H groups in total. The molecule has 0 spiro atoms. The van der Waals surface area contributed by atoms with Gasteiger partial charge in [0.1, 0.15) is 6.17 Å². The number of nitrogens with two attached hydrogens (primary N) is 1. The van der Waals surface area contributed by atoms with Gasteiger partial charge in [-0.15, -0.1) is 0 Å². The fourth-order valence-corrected chi connectivity index (χ4v) is 1.68. The van der Waals surface area contributed by atoms with Crippen molar-refractivity contribution in [1.82, 2.24) is 10.2 Å². The van der Waals surface area contributed by atoms with E-state index in [1.807, 2.05) is 6.20 Å². The summed E-state index contributed by atoms with van der Waals surface area (Å²) in [5.41, 5.74) is 5.13. The number of hydrogen-bond donors (Lipinski definition) is 2. The number of hydrogen-bond acceptors (Lipinski definition) is 2. The number of allylic oxidation sites excluding steroid dienone is 1. The molecule has 0 bridgehead atoms. The summed E-state index contributed by atoms with van der Waals surface area (Å²) in [4.78, 5) is 12.9. The predicted molar refractivity (Wildman–Crippen MR) is 56.5 cm³/mol. The Balaban J connectivity index is 2.73. The molecule has 2 amide bonds. The van der Waals surface area contributed by atoms with Gasteiger partial charge in [-0.2, -0.15) is 0 Å². The third kappa shape index (κ3) is 2.65. The molecule has 14 heavy (non-hydrogen) atoms. The number of amides is 2. The van der Waals surface area contributed by atoms with Crippen LogP contribution in [0.4, 0.5) is 4.79 Å². The van der Waals surface area contributed by atoms with Gasteiger partial charge in [0.15, 0.2) is 0 Å². The molecule has 1 aliphatic rings. The lowest BCUT2D eigenvalue weighted by Crippen LogP contribution is -2.55. The van der Waals surface area contributed by atoms with Gasteiger partial charge in [0.2, 0.25) is 0 Å². The summed E-state index contributed by atoms with van der Waals surface area (Å²) in [6, 6.07) is -0.459. The van der Waals surface area contributed by atoms with Crippen LogP contribution in [0, 0.1) is 0 Å². The first-order chi connectivity index (χ1) is 6.41. The van der Waals surface area contributed by atoms with Crippen molar-refractivity contribution in [3.8, 4) is 0 Å². The maximum absolute atomic E-state index is 10.8. The van der Waals surface area contributed by atoms with E-state index in [1.54, 1.807) is 0 Å². The second kappa shape index (κ2) is 3.90. The largest absolute Gasteiger partial charge is 0.353 e. The number of carbonyl (C=O) groups excluding carboxylic acids is 1. The zero-order valence-electron chi connectivity index (χ0n) is 9.08. The van der Waals surface area contributed by atoms with Gasteiger partial charge < -0.3 is 16.0 Å². The molecule has 0 aromatic heterocycles. The molecule has 1 unspecified atom stereocenters. The number of carbonyl (C=O) groups is 1. The van der Waals surface area contributed by atoms with Gasteiger partial charge in [0, 0.05) is 5.54 Å². The van der Waals surface area contributed by atoms with Crippen molar-refractivity contribution in [3.63, 3.8) is 0 Å². The SMILES string of the molecule is CC(C)(C)N1C=CCCC1NC(N)=O. The van der Waals surface area contributed by atoms with Gasteiger partial charge in [-0.05, 0) is 39.8 Å². The Kier molecular flexibility index (Phi) is 3.03. The Morgan fingerprint density at radius 3 is 2.71 bits per heavy atom. The van der Waals surface area contributed by atoms with E-state index in [0.717, 1.165) is 12.8 Å². The van der Waals surface area contributed by atoms with Gasteiger partial charge in [0.05, 0.1) is 0 Å². The van der Waals surface area contributed by atoms with Crippen molar-refractivity contribution in [2.24, 2.45) is 5.73 Å². The van der Waals surface area contributed by atoms with Gasteiger partial charge in [-0.3, -0.25) is 0 Å². The van der Waals surface area contributed by atoms with Gasteiger partial charge in [0.25, 0.3) is 0 Å². The van der Waals surface area contributed by atoms with Crippen molar-refractivity contribution in [1.29, 1.82) is 0 Å². The molecule has 0 saturated heterocycles. The first-order valence-electron chi connectivity index (χ1n) is 4.92. The molecule has 1 atom stereocenters. The maximum atomic E-state index is 10.8. The highest BCUT2D eigenvalue weighted by molar-refractivity contribution is 5.71. The minimum Gasteiger partial charge on any atom is -0.353 e. The Hall–Kier alpha value is -1.19. The molecule has 4 heteroatoms. The first-order valence-corrected chi connectivity index (χ1v) is 4.92. The summed E-state index contributed by atoms with van der Waals surface area (Å²) < 4.78 is 0. The zero-order chi connectivity index (χ0) is 10.8. The van der Waals surface area contributed by atoms with Crippen molar-refractivity contribution >= 4 is 6.03 Å². The highest BCUT2D eigenvalue weighted by Crippen LogP contribution is 2.22. The van der Waals surface area contributed by atoms with Crippen LogP contribution in [0.25, 0.3) is 0 Å². The lowest BCUT2D eigenvalue weighted by molar-refractivity contribution is 0.112. The average Bonchev–Trinajstić information content (AvgIpc) is 2.01. The molecule has 4 nitrogen and oxygen atoms in total. The Morgan fingerprint density at radius 1 is 1.57 bits per heavy atom. The molecule has 1 heterocycles. The highest BCUT2D eigenvalue weighted by atomic mass is 16.2. The Morgan fingerprint density at radius 2 is 2.21 bits per heavy atom. The first kappa shape index (κ1) is 10.9. The number of rotatable bonds is 1. The van der Waals surface area contributed by atoms with E-state index in [9.17, 15) is 4.79 Å². The van der Waals surface area contributed by atoms with Crippen LogP contribution in [0.5, 0.6) is 0 Å². The number of urea groups is 1. The van der Waals surface area contributed by atoms with Gasteiger partial charge >= 0.3 is 6.03 Å². The fraction of sp³-hybridized carbons (Fsp3) is 0.700. The van der Waals surface area contributed by atoms with E-state index in [0.29, 0.717) is 0 Å². The monoisotopic (exact) mass is 197 g/mol. The molecule has 0 aromatic rings. The minimum atomic E-state index is -0.459. The quantitative estimate of drug-likeness (QED) is 0.667. The van der Waals surface area contributed by atoms with Crippen LogP contribution in [0.2, 0.25) is 0 Å². The van der Waals surface area contributed by atoms with Crippen LogP contribution < -0.4 is 11.1 Å². The van der Waals surface area contributed by atoms with Crippen molar-refractivity contribution < 1.29 is 4.79 Å². The van der Waals surface area contributed by atoms with Crippen LogP contribution in [0.15, 0.2) is 12.3 Å². The summed E-state index contributed by atoms with van der Waals surface area (Å²) in [5.74, 6) is 0. The van der Waals surface area contributed by atoms with Crippen LogP contribution in [0.1, 0.15) is 33.6 Å². The Labute approximate surface area is 85.1 Å². The van der Waals surface area contributed by atoms with Crippen LogP contribution in [-0.2, 0) is 0 Å². The number of nitrogens with zero attached hydrogens (tertiary/aromatic N) is 1. The third-order valence-corrected chi connectivity index (χ3v) is 2.29. The molecule has 80 valence electrons. The molecule has 0 aliphatic carbocycles. The van der Waals surface area contributed by atoms with E-state index in [4.69, 9.17) is 5.73 Å². The highest BCUT2D eigenvalue weighted by Gasteiger charge is 2.27. The second-order valence-corrected chi connectivity index (χ2v) is 4.56. The van der Waals surface area contributed by atoms with Crippen molar-refractivity contribution in [2.45, 2.75) is 45.3 Å². The van der Waals surface area contributed by atoms with E-state index < -0.39 is 6.03 Å². The van der Waals surface area contributed by atoms with Crippen LogP contribution in [0.3, 0.4) is 0 Å². The van der Waals surface area contributed by atoms with Crippen molar-refractivity contribution in [2.75, 3.05) is 0 Å². The third-order valence-electron chi connectivity index (χ3n) is 2.29.